The van der Waals surface area contributed by atoms with Crippen molar-refractivity contribution in [1.29, 1.82) is 0 Å². The van der Waals surface area contributed by atoms with Crippen LogP contribution in [0.15, 0.2) is 54.7 Å². The lowest BCUT2D eigenvalue weighted by Crippen LogP contribution is -2.36. The molecule has 4 rings (SSSR count). The van der Waals surface area contributed by atoms with E-state index < -0.39 is 23.3 Å². The Labute approximate surface area is 250 Å². The van der Waals surface area contributed by atoms with E-state index >= 15 is 0 Å². The van der Waals surface area contributed by atoms with Crippen LogP contribution in [-0.2, 0) is 10.9 Å². The minimum atomic E-state index is -4.30. The molecular formula is C32H41F3N4O4. The van der Waals surface area contributed by atoms with Gasteiger partial charge in [-0.05, 0) is 82.2 Å². The summed E-state index contributed by atoms with van der Waals surface area (Å²) in [6.07, 6.45) is 2.08. The van der Waals surface area contributed by atoms with Crippen molar-refractivity contribution in [1.82, 2.24) is 15.1 Å². The van der Waals surface area contributed by atoms with Gasteiger partial charge < -0.3 is 15.2 Å². The molecule has 0 radical (unpaired) electrons. The van der Waals surface area contributed by atoms with Crippen molar-refractivity contribution in [2.45, 2.75) is 77.6 Å². The lowest BCUT2D eigenvalue weighted by molar-refractivity contribution is -0.137. The van der Waals surface area contributed by atoms with Crippen LogP contribution in [0, 0.1) is 6.92 Å². The second-order valence-corrected chi connectivity index (χ2v) is 10.9. The minimum absolute atomic E-state index is 0.197. The van der Waals surface area contributed by atoms with Gasteiger partial charge in [-0.1, -0.05) is 38.8 Å². The normalized spacial score (nSPS) is 17.3. The predicted octanol–water partition coefficient (Wildman–Crippen LogP) is 7.73. The van der Waals surface area contributed by atoms with Crippen molar-refractivity contribution >= 4 is 17.7 Å². The highest BCUT2D eigenvalue weighted by atomic mass is 19.4. The van der Waals surface area contributed by atoms with Crippen LogP contribution >= 0.6 is 0 Å². The number of benzene rings is 2. The summed E-state index contributed by atoms with van der Waals surface area (Å²) in [7, 11) is 1.86. The molecule has 0 aliphatic carbocycles. The fourth-order valence-corrected chi connectivity index (χ4v) is 4.89. The van der Waals surface area contributed by atoms with E-state index in [0.29, 0.717) is 23.8 Å². The molecule has 1 amide bonds. The summed E-state index contributed by atoms with van der Waals surface area (Å²) >= 11 is 0. The van der Waals surface area contributed by atoms with Crippen molar-refractivity contribution < 1.29 is 32.6 Å². The Hall–Kier alpha value is -3.86. The number of ether oxygens (including phenoxy) is 1. The summed E-state index contributed by atoms with van der Waals surface area (Å²) in [5, 5.41) is 16.5. The zero-order valence-electron chi connectivity index (χ0n) is 25.4. The Morgan fingerprint density at radius 1 is 1.14 bits per heavy atom. The van der Waals surface area contributed by atoms with E-state index in [1.165, 1.54) is 24.3 Å². The summed E-state index contributed by atoms with van der Waals surface area (Å²) in [5.74, 6) is -0.984. The number of amides is 1. The first-order chi connectivity index (χ1) is 20.3. The lowest BCUT2D eigenvalue weighted by atomic mass is 9.96. The second kappa shape index (κ2) is 14.5. The van der Waals surface area contributed by atoms with Crippen molar-refractivity contribution in [3.63, 3.8) is 0 Å². The van der Waals surface area contributed by atoms with Gasteiger partial charge in [-0.2, -0.15) is 18.3 Å². The molecule has 2 unspecified atom stereocenters. The van der Waals surface area contributed by atoms with Gasteiger partial charge in [0.05, 0.1) is 23.4 Å². The Kier molecular flexibility index (Phi) is 11.4. The number of nitrogens with zero attached hydrogens (tertiary/aromatic N) is 3. The average molecular weight is 603 g/mol. The Morgan fingerprint density at radius 2 is 1.79 bits per heavy atom. The van der Waals surface area contributed by atoms with E-state index in [1.807, 2.05) is 31.8 Å². The second-order valence-electron chi connectivity index (χ2n) is 10.9. The van der Waals surface area contributed by atoms with Crippen molar-refractivity contribution in [2.75, 3.05) is 25.0 Å². The van der Waals surface area contributed by atoms with Crippen LogP contribution in [0.1, 0.15) is 80.4 Å². The number of nitrogens with one attached hydrogen (secondary N) is 1. The van der Waals surface area contributed by atoms with Gasteiger partial charge >= 0.3 is 18.2 Å². The molecule has 1 aliphatic heterocycles. The monoisotopic (exact) mass is 602 g/mol. The quantitative estimate of drug-likeness (QED) is 0.233. The molecular weight excluding hydrogens is 561 g/mol. The summed E-state index contributed by atoms with van der Waals surface area (Å²) in [4.78, 5) is 24.5. The third-order valence-electron chi connectivity index (χ3n) is 7.70. The Balaban J connectivity index is 0.000000236. The number of carbonyl (C=O) groups excluding carboxylic acids is 1. The lowest BCUT2D eigenvalue weighted by Gasteiger charge is -2.25. The molecule has 2 atom stereocenters. The minimum Gasteiger partial charge on any atom is -0.478 e. The van der Waals surface area contributed by atoms with Gasteiger partial charge in [-0.15, -0.1) is 0 Å². The number of aromatic carboxylic acids is 1. The van der Waals surface area contributed by atoms with Crippen molar-refractivity contribution in [2.24, 2.45) is 0 Å². The zero-order valence-corrected chi connectivity index (χ0v) is 25.4. The van der Waals surface area contributed by atoms with E-state index in [9.17, 15) is 22.8 Å². The molecule has 8 nitrogen and oxygen atoms in total. The van der Waals surface area contributed by atoms with Crippen LogP contribution in [0.2, 0.25) is 0 Å². The van der Waals surface area contributed by atoms with Crippen LogP contribution in [-0.4, -0.2) is 52.7 Å². The third kappa shape index (κ3) is 8.59. The van der Waals surface area contributed by atoms with Gasteiger partial charge in [0.25, 0.3) is 0 Å². The number of anilines is 1. The number of rotatable bonds is 11. The number of aromatic nitrogens is 2. The van der Waals surface area contributed by atoms with Crippen LogP contribution in [0.25, 0.3) is 11.3 Å². The highest BCUT2D eigenvalue weighted by molar-refractivity contribution is 5.92. The molecule has 1 aromatic heterocycles. The molecule has 11 heteroatoms. The number of unbranched alkanes of at least 4 members (excludes halogenated alkanes) is 1. The standard InChI is InChI=1S/C17H21F3N2.C15H20N2O4/c1-4-5-6-13(3)22-11-12(2)16(21-22)14-7-9-15(10-8-14)17(18,19)20;1-3-15(8-9-16-2)10-17(14(20)21-15)12-6-4-11(5-7-12)13(18)19/h7-11,13H,4-6H2,1-3H3;4-7,16H,3,8-10H2,1-2H3,(H,18,19). The molecule has 1 saturated heterocycles. The van der Waals surface area contributed by atoms with Gasteiger partial charge in [-0.3, -0.25) is 9.58 Å². The molecule has 3 aromatic rings. The Morgan fingerprint density at radius 3 is 2.33 bits per heavy atom. The molecule has 234 valence electrons. The number of carboxylic acid groups (broad SMARTS) is 1. The van der Waals surface area contributed by atoms with Gasteiger partial charge in [0.1, 0.15) is 5.60 Å². The van der Waals surface area contributed by atoms with E-state index in [1.54, 1.807) is 17.0 Å². The highest BCUT2D eigenvalue weighted by Gasteiger charge is 2.44. The Bertz CT molecular complexity index is 1360. The molecule has 2 aromatic carbocycles. The third-order valence-corrected chi connectivity index (χ3v) is 7.70. The molecule has 1 fully saturated rings. The van der Waals surface area contributed by atoms with E-state index in [2.05, 4.69) is 24.3 Å². The van der Waals surface area contributed by atoms with Crippen LogP contribution in [0.4, 0.5) is 23.7 Å². The largest absolute Gasteiger partial charge is 0.478 e. The maximum absolute atomic E-state index is 12.6. The summed E-state index contributed by atoms with van der Waals surface area (Å²) in [6.45, 7) is 9.44. The van der Waals surface area contributed by atoms with Crippen LogP contribution < -0.4 is 10.2 Å². The maximum Gasteiger partial charge on any atom is 0.416 e. The van der Waals surface area contributed by atoms with Gasteiger partial charge in [0.15, 0.2) is 0 Å². The number of carbonyl (C=O) groups is 2. The first kappa shape index (κ1) is 33.6. The number of alkyl halides is 3. The van der Waals surface area contributed by atoms with Crippen LogP contribution in [0.3, 0.4) is 0 Å². The molecule has 2 heterocycles. The van der Waals surface area contributed by atoms with E-state index in [-0.39, 0.29) is 11.7 Å². The van der Waals surface area contributed by atoms with Crippen LogP contribution in [0.5, 0.6) is 0 Å². The first-order valence-electron chi connectivity index (χ1n) is 14.6. The first-order valence-corrected chi connectivity index (χ1v) is 14.6. The number of hydrogen-bond donors (Lipinski definition) is 2. The topological polar surface area (TPSA) is 96.7 Å². The van der Waals surface area contributed by atoms with Gasteiger partial charge in [-0.25, -0.2) is 9.59 Å². The summed E-state index contributed by atoms with van der Waals surface area (Å²) in [5.41, 5.74) is 2.18. The number of halogens is 3. The predicted molar refractivity (Wildman–Crippen MR) is 160 cm³/mol. The highest BCUT2D eigenvalue weighted by Crippen LogP contribution is 2.33. The molecule has 2 N–H and O–H groups in total. The maximum atomic E-state index is 12.6. The SMILES string of the molecule is CCC1(CCNC)CN(c2ccc(C(=O)O)cc2)C(=O)O1.CCCCC(C)n1cc(C)c(-c2ccc(C(F)(F)F)cc2)n1. The number of cyclic esters (lactones) is 1. The summed E-state index contributed by atoms with van der Waals surface area (Å²) in [6, 6.07) is 11.7. The number of hydrogen-bond acceptors (Lipinski definition) is 5. The molecule has 0 saturated carbocycles. The van der Waals surface area contributed by atoms with Crippen molar-refractivity contribution in [3.05, 3.63) is 71.4 Å². The molecule has 0 spiro atoms. The molecule has 0 bridgehead atoms. The number of aryl methyl sites for hydroxylation is 1. The van der Waals surface area contributed by atoms with Gasteiger partial charge in [0, 0.05) is 29.9 Å². The smallest absolute Gasteiger partial charge is 0.416 e. The fraction of sp³-hybridized carbons (Fsp3) is 0.469. The molecule has 1 aliphatic rings. The van der Waals surface area contributed by atoms with Gasteiger partial charge in [0.2, 0.25) is 0 Å². The zero-order chi connectivity index (χ0) is 31.8. The summed E-state index contributed by atoms with van der Waals surface area (Å²) < 4.78 is 45.3. The van der Waals surface area contributed by atoms with E-state index in [0.717, 1.165) is 62.0 Å². The fourth-order valence-electron chi connectivity index (χ4n) is 4.89. The number of carboxylic acids is 1. The molecule has 43 heavy (non-hydrogen) atoms. The van der Waals surface area contributed by atoms with E-state index in [4.69, 9.17) is 9.84 Å². The van der Waals surface area contributed by atoms with Crippen molar-refractivity contribution in [3.8, 4) is 11.3 Å². The average Bonchev–Trinajstić information content (AvgIpc) is 3.54.